The first-order valence-electron chi connectivity index (χ1n) is 5.44. The van der Waals surface area contributed by atoms with E-state index in [4.69, 9.17) is 10.00 Å². The summed E-state index contributed by atoms with van der Waals surface area (Å²) >= 11 is 6.80. The summed E-state index contributed by atoms with van der Waals surface area (Å²) in [6, 6.07) is 13.3. The van der Waals surface area contributed by atoms with E-state index >= 15 is 0 Å². The van der Waals surface area contributed by atoms with Crippen LogP contribution in [0.15, 0.2) is 45.3 Å². The highest BCUT2D eigenvalue weighted by molar-refractivity contribution is 9.10. The van der Waals surface area contributed by atoms with Crippen molar-refractivity contribution < 1.29 is 4.74 Å². The van der Waals surface area contributed by atoms with Crippen LogP contribution in [0.25, 0.3) is 0 Å². The van der Waals surface area contributed by atoms with Crippen LogP contribution in [0.2, 0.25) is 0 Å². The number of hydrogen-bond donors (Lipinski definition) is 1. The van der Waals surface area contributed by atoms with Crippen molar-refractivity contribution in [2.45, 2.75) is 0 Å². The number of methoxy groups -OCH3 is 1. The van der Waals surface area contributed by atoms with Crippen molar-refractivity contribution in [1.29, 1.82) is 5.26 Å². The molecular weight excluding hydrogens is 372 g/mol. The van der Waals surface area contributed by atoms with Crippen LogP contribution in [0.1, 0.15) is 5.56 Å². The summed E-state index contributed by atoms with van der Waals surface area (Å²) in [5, 5.41) is 12.3. The number of hydrogen-bond acceptors (Lipinski definition) is 3. The molecule has 1 N–H and O–H groups in total. The molecule has 0 saturated carbocycles. The third-order valence-electron chi connectivity index (χ3n) is 2.53. The summed E-state index contributed by atoms with van der Waals surface area (Å²) in [6.45, 7) is 0. The molecule has 0 saturated heterocycles. The third kappa shape index (κ3) is 3.28. The van der Waals surface area contributed by atoms with E-state index in [-0.39, 0.29) is 0 Å². The molecule has 0 atom stereocenters. The number of nitrogens with one attached hydrogen (secondary N) is 1. The van der Waals surface area contributed by atoms with Crippen LogP contribution >= 0.6 is 31.9 Å². The van der Waals surface area contributed by atoms with Crippen molar-refractivity contribution in [1.82, 2.24) is 0 Å². The van der Waals surface area contributed by atoms with Crippen LogP contribution in [0.4, 0.5) is 11.4 Å². The lowest BCUT2D eigenvalue weighted by Crippen LogP contribution is -1.95. The summed E-state index contributed by atoms with van der Waals surface area (Å²) in [7, 11) is 1.61. The van der Waals surface area contributed by atoms with Crippen LogP contribution in [-0.2, 0) is 0 Å². The summed E-state index contributed by atoms with van der Waals surface area (Å²) in [6.07, 6.45) is 0. The van der Waals surface area contributed by atoms with E-state index in [0.29, 0.717) is 5.56 Å². The lowest BCUT2D eigenvalue weighted by Gasteiger charge is -2.11. The van der Waals surface area contributed by atoms with Gasteiger partial charge in [0.15, 0.2) is 0 Å². The molecule has 0 aliphatic rings. The predicted molar refractivity (Wildman–Crippen MR) is 82.8 cm³/mol. The Balaban J connectivity index is 2.36. The molecule has 96 valence electrons. The van der Waals surface area contributed by atoms with Crippen LogP contribution < -0.4 is 10.1 Å². The van der Waals surface area contributed by atoms with E-state index in [2.05, 4.69) is 43.2 Å². The number of nitriles is 1. The molecule has 0 heterocycles. The number of nitrogens with zero attached hydrogens (tertiary/aromatic N) is 1. The average Bonchev–Trinajstić information content (AvgIpc) is 2.41. The molecule has 2 aromatic carbocycles. The van der Waals surface area contributed by atoms with Gasteiger partial charge in [-0.05, 0) is 46.3 Å². The first-order chi connectivity index (χ1) is 9.13. The molecule has 0 radical (unpaired) electrons. The minimum Gasteiger partial charge on any atom is -0.495 e. The third-order valence-corrected chi connectivity index (χ3v) is 3.68. The number of benzene rings is 2. The van der Waals surface area contributed by atoms with Gasteiger partial charge in [0.1, 0.15) is 11.8 Å². The summed E-state index contributed by atoms with van der Waals surface area (Å²) < 4.78 is 7.04. The largest absolute Gasteiger partial charge is 0.495 e. The van der Waals surface area contributed by atoms with Crippen molar-refractivity contribution in [3.63, 3.8) is 0 Å². The SMILES string of the molecule is COc1cc(Nc2cc(Br)ccc2C#N)ccc1Br. The van der Waals surface area contributed by atoms with Gasteiger partial charge in [-0.25, -0.2) is 0 Å². The van der Waals surface area contributed by atoms with Gasteiger partial charge < -0.3 is 10.1 Å². The van der Waals surface area contributed by atoms with Crippen LogP contribution in [-0.4, -0.2) is 7.11 Å². The molecule has 0 fully saturated rings. The highest BCUT2D eigenvalue weighted by Crippen LogP contribution is 2.31. The second kappa shape index (κ2) is 6.09. The Morgan fingerprint density at radius 2 is 1.95 bits per heavy atom. The topological polar surface area (TPSA) is 45.0 Å². The molecule has 0 aliphatic heterocycles. The Morgan fingerprint density at radius 3 is 2.63 bits per heavy atom. The fraction of sp³-hybridized carbons (Fsp3) is 0.0714. The summed E-state index contributed by atoms with van der Waals surface area (Å²) in [5.74, 6) is 0.735. The van der Waals surface area contributed by atoms with Gasteiger partial charge in [-0.1, -0.05) is 15.9 Å². The summed E-state index contributed by atoms with van der Waals surface area (Å²) in [4.78, 5) is 0. The lowest BCUT2D eigenvalue weighted by atomic mass is 10.2. The molecule has 3 nitrogen and oxygen atoms in total. The molecule has 5 heteroatoms. The van der Waals surface area contributed by atoms with Gasteiger partial charge in [0.25, 0.3) is 0 Å². The normalized spacial score (nSPS) is 9.79. The minimum atomic E-state index is 0.588. The second-order valence-electron chi connectivity index (χ2n) is 3.78. The average molecular weight is 382 g/mol. The zero-order chi connectivity index (χ0) is 13.8. The van der Waals surface area contributed by atoms with Crippen LogP contribution in [0.5, 0.6) is 5.75 Å². The zero-order valence-corrected chi connectivity index (χ0v) is 13.2. The molecule has 0 spiro atoms. The van der Waals surface area contributed by atoms with E-state index < -0.39 is 0 Å². The molecule has 0 aliphatic carbocycles. The van der Waals surface area contributed by atoms with E-state index in [0.717, 1.165) is 26.1 Å². The van der Waals surface area contributed by atoms with Gasteiger partial charge in [0.2, 0.25) is 0 Å². The van der Waals surface area contributed by atoms with Gasteiger partial charge in [0, 0.05) is 16.2 Å². The lowest BCUT2D eigenvalue weighted by molar-refractivity contribution is 0.412. The number of ether oxygens (including phenoxy) is 1. The fourth-order valence-electron chi connectivity index (χ4n) is 1.61. The predicted octanol–water partition coefficient (Wildman–Crippen LogP) is 4.84. The van der Waals surface area contributed by atoms with Crippen molar-refractivity contribution in [2.24, 2.45) is 0 Å². The Hall–Kier alpha value is -1.51. The van der Waals surface area contributed by atoms with Gasteiger partial charge >= 0.3 is 0 Å². The monoisotopic (exact) mass is 380 g/mol. The van der Waals surface area contributed by atoms with Crippen LogP contribution in [0, 0.1) is 11.3 Å². The molecule has 0 amide bonds. The standard InChI is InChI=1S/C14H10Br2N2O/c1-19-14-7-11(4-5-12(14)16)18-13-6-10(15)3-2-9(13)8-17/h2-7,18H,1H3. The Kier molecular flexibility index (Phi) is 4.46. The molecule has 0 unspecified atom stereocenters. The molecule has 2 aromatic rings. The van der Waals surface area contributed by atoms with Crippen molar-refractivity contribution in [3.8, 4) is 11.8 Å². The fourth-order valence-corrected chi connectivity index (χ4v) is 2.38. The van der Waals surface area contributed by atoms with E-state index in [1.165, 1.54) is 0 Å². The van der Waals surface area contributed by atoms with Crippen molar-refractivity contribution in [3.05, 3.63) is 50.9 Å². The molecule has 2 rings (SSSR count). The molecule has 0 bridgehead atoms. The van der Waals surface area contributed by atoms with Gasteiger partial charge in [-0.3, -0.25) is 0 Å². The van der Waals surface area contributed by atoms with Gasteiger partial charge in [-0.15, -0.1) is 0 Å². The quantitative estimate of drug-likeness (QED) is 0.827. The summed E-state index contributed by atoms with van der Waals surface area (Å²) in [5.41, 5.74) is 2.20. The van der Waals surface area contributed by atoms with Crippen molar-refractivity contribution >= 4 is 43.2 Å². The first kappa shape index (κ1) is 13.9. The highest BCUT2D eigenvalue weighted by Gasteiger charge is 2.06. The zero-order valence-electron chi connectivity index (χ0n) is 10.1. The molecule has 0 aromatic heterocycles. The van der Waals surface area contributed by atoms with E-state index in [1.54, 1.807) is 13.2 Å². The van der Waals surface area contributed by atoms with E-state index in [1.807, 2.05) is 30.3 Å². The number of anilines is 2. The van der Waals surface area contributed by atoms with Crippen molar-refractivity contribution in [2.75, 3.05) is 12.4 Å². The highest BCUT2D eigenvalue weighted by atomic mass is 79.9. The Bertz CT molecular complexity index is 650. The molecule has 19 heavy (non-hydrogen) atoms. The second-order valence-corrected chi connectivity index (χ2v) is 5.55. The maximum absolute atomic E-state index is 9.09. The Labute approximate surface area is 128 Å². The van der Waals surface area contributed by atoms with E-state index in [9.17, 15) is 0 Å². The smallest absolute Gasteiger partial charge is 0.135 e. The maximum atomic E-state index is 9.09. The van der Waals surface area contributed by atoms with Crippen LogP contribution in [0.3, 0.4) is 0 Å². The Morgan fingerprint density at radius 1 is 1.16 bits per heavy atom. The maximum Gasteiger partial charge on any atom is 0.135 e. The van der Waals surface area contributed by atoms with Gasteiger partial charge in [0.05, 0.1) is 22.8 Å². The first-order valence-corrected chi connectivity index (χ1v) is 7.03. The molecular formula is C14H10Br2N2O. The number of rotatable bonds is 3. The minimum absolute atomic E-state index is 0.588. The van der Waals surface area contributed by atoms with Gasteiger partial charge in [-0.2, -0.15) is 5.26 Å². The number of halogens is 2.